The molecule has 0 radical (unpaired) electrons. The second kappa shape index (κ2) is 5.11. The smallest absolute Gasteiger partial charge is 0.326 e. The van der Waals surface area contributed by atoms with Crippen LogP contribution in [0, 0.1) is 0 Å². The number of hydrogen-bond acceptors (Lipinski definition) is 4. The zero-order chi connectivity index (χ0) is 9.61. The van der Waals surface area contributed by atoms with Crippen molar-refractivity contribution in [1.82, 2.24) is 0 Å². The molecule has 4 heteroatoms. The standard InChI is InChI=1S/C8H16O4/c1-5-7(9)12-8(3,10-4)11-6-2/h5-6H2,1-4H3. The topological polar surface area (TPSA) is 44.8 Å². The van der Waals surface area contributed by atoms with Crippen LogP contribution in [0.15, 0.2) is 0 Å². The van der Waals surface area contributed by atoms with Gasteiger partial charge < -0.3 is 14.2 Å². The summed E-state index contributed by atoms with van der Waals surface area (Å²) in [4.78, 5) is 10.9. The maximum absolute atomic E-state index is 10.9. The number of esters is 1. The van der Waals surface area contributed by atoms with E-state index in [2.05, 4.69) is 0 Å². The second-order valence-corrected chi connectivity index (χ2v) is 2.33. The van der Waals surface area contributed by atoms with Gasteiger partial charge in [0.25, 0.3) is 0 Å². The Labute approximate surface area is 72.8 Å². The Morgan fingerprint density at radius 2 is 2.00 bits per heavy atom. The molecule has 0 bridgehead atoms. The van der Waals surface area contributed by atoms with Gasteiger partial charge in [-0.2, -0.15) is 0 Å². The first-order valence-electron chi connectivity index (χ1n) is 3.99. The molecule has 4 nitrogen and oxygen atoms in total. The molecule has 0 spiro atoms. The molecule has 0 heterocycles. The molecule has 0 aliphatic rings. The number of rotatable bonds is 5. The predicted molar refractivity (Wildman–Crippen MR) is 43.4 cm³/mol. The van der Waals surface area contributed by atoms with Crippen molar-refractivity contribution in [2.75, 3.05) is 13.7 Å². The third kappa shape index (κ3) is 3.69. The average molecular weight is 176 g/mol. The first-order chi connectivity index (χ1) is 5.58. The minimum Gasteiger partial charge on any atom is -0.408 e. The minimum atomic E-state index is -1.23. The van der Waals surface area contributed by atoms with E-state index >= 15 is 0 Å². The van der Waals surface area contributed by atoms with Gasteiger partial charge in [-0.25, -0.2) is 0 Å². The van der Waals surface area contributed by atoms with Gasteiger partial charge in [0.1, 0.15) is 0 Å². The van der Waals surface area contributed by atoms with Crippen molar-refractivity contribution in [3.63, 3.8) is 0 Å². The summed E-state index contributed by atoms with van der Waals surface area (Å²) in [5.41, 5.74) is 0. The van der Waals surface area contributed by atoms with Crippen LogP contribution in [0.4, 0.5) is 0 Å². The van der Waals surface area contributed by atoms with Gasteiger partial charge in [-0.1, -0.05) is 6.92 Å². The number of methoxy groups -OCH3 is 1. The van der Waals surface area contributed by atoms with E-state index in [1.54, 1.807) is 20.8 Å². The summed E-state index contributed by atoms with van der Waals surface area (Å²) >= 11 is 0. The molecule has 1 atom stereocenters. The zero-order valence-corrected chi connectivity index (χ0v) is 8.05. The Morgan fingerprint density at radius 1 is 1.42 bits per heavy atom. The Morgan fingerprint density at radius 3 is 2.33 bits per heavy atom. The molecule has 0 fully saturated rings. The van der Waals surface area contributed by atoms with Crippen molar-refractivity contribution < 1.29 is 19.0 Å². The minimum absolute atomic E-state index is 0.312. The van der Waals surface area contributed by atoms with E-state index < -0.39 is 5.97 Å². The summed E-state index contributed by atoms with van der Waals surface area (Å²) in [5.74, 6) is -1.57. The van der Waals surface area contributed by atoms with E-state index in [0.29, 0.717) is 13.0 Å². The Hall–Kier alpha value is -0.610. The summed E-state index contributed by atoms with van der Waals surface area (Å²) in [5, 5.41) is 0. The summed E-state index contributed by atoms with van der Waals surface area (Å²) in [6.45, 7) is 5.51. The lowest BCUT2D eigenvalue weighted by Gasteiger charge is -2.26. The van der Waals surface area contributed by atoms with Gasteiger partial charge in [0.2, 0.25) is 0 Å². The first kappa shape index (κ1) is 11.4. The number of carbonyl (C=O) groups excluding carboxylic acids is 1. The van der Waals surface area contributed by atoms with Gasteiger partial charge >= 0.3 is 11.9 Å². The van der Waals surface area contributed by atoms with Crippen LogP contribution in [0.2, 0.25) is 0 Å². The lowest BCUT2D eigenvalue weighted by molar-refractivity contribution is -0.341. The van der Waals surface area contributed by atoms with Gasteiger partial charge in [-0.05, 0) is 6.92 Å². The fourth-order valence-electron chi connectivity index (χ4n) is 0.671. The van der Waals surface area contributed by atoms with Crippen molar-refractivity contribution >= 4 is 5.97 Å². The van der Waals surface area contributed by atoms with Crippen molar-refractivity contribution in [1.29, 1.82) is 0 Å². The third-order valence-corrected chi connectivity index (χ3v) is 1.37. The van der Waals surface area contributed by atoms with Gasteiger partial charge in [-0.3, -0.25) is 4.79 Å². The fraction of sp³-hybridized carbons (Fsp3) is 0.875. The molecule has 0 rings (SSSR count). The quantitative estimate of drug-likeness (QED) is 0.468. The molecule has 12 heavy (non-hydrogen) atoms. The van der Waals surface area contributed by atoms with E-state index in [1.807, 2.05) is 0 Å². The Kier molecular flexibility index (Phi) is 4.85. The van der Waals surface area contributed by atoms with Gasteiger partial charge in [-0.15, -0.1) is 0 Å². The van der Waals surface area contributed by atoms with Crippen LogP contribution >= 0.6 is 0 Å². The predicted octanol–water partition coefficient (Wildman–Crippen LogP) is 1.30. The van der Waals surface area contributed by atoms with Gasteiger partial charge in [0.05, 0.1) is 6.61 Å². The normalized spacial score (nSPS) is 15.3. The van der Waals surface area contributed by atoms with Crippen LogP contribution in [-0.2, 0) is 19.0 Å². The Bertz CT molecular complexity index is 146. The van der Waals surface area contributed by atoms with Crippen LogP contribution in [0.5, 0.6) is 0 Å². The molecule has 0 aliphatic heterocycles. The summed E-state index contributed by atoms with van der Waals surface area (Å²) < 4.78 is 14.9. The van der Waals surface area contributed by atoms with E-state index in [4.69, 9.17) is 14.2 Å². The zero-order valence-electron chi connectivity index (χ0n) is 8.05. The molecule has 72 valence electrons. The molecular formula is C8H16O4. The molecular weight excluding hydrogens is 160 g/mol. The lowest BCUT2D eigenvalue weighted by atomic mass is 10.5. The maximum Gasteiger partial charge on any atom is 0.326 e. The summed E-state index contributed by atoms with van der Waals surface area (Å²) in [6.07, 6.45) is 0.312. The lowest BCUT2D eigenvalue weighted by Crippen LogP contribution is -2.36. The molecule has 1 unspecified atom stereocenters. The first-order valence-corrected chi connectivity index (χ1v) is 3.99. The number of carbonyl (C=O) groups is 1. The van der Waals surface area contributed by atoms with E-state index in [9.17, 15) is 4.79 Å². The van der Waals surface area contributed by atoms with Crippen molar-refractivity contribution in [3.05, 3.63) is 0 Å². The van der Waals surface area contributed by atoms with Gasteiger partial charge in [0.15, 0.2) is 0 Å². The number of hydrogen-bond donors (Lipinski definition) is 0. The van der Waals surface area contributed by atoms with Crippen LogP contribution < -0.4 is 0 Å². The molecule has 0 N–H and O–H groups in total. The fourth-order valence-corrected chi connectivity index (χ4v) is 0.671. The number of ether oxygens (including phenoxy) is 3. The van der Waals surface area contributed by atoms with Crippen molar-refractivity contribution in [2.24, 2.45) is 0 Å². The molecule has 0 aromatic heterocycles. The summed E-state index contributed by atoms with van der Waals surface area (Å²) in [7, 11) is 1.43. The highest BCUT2D eigenvalue weighted by atomic mass is 16.9. The highest BCUT2D eigenvalue weighted by molar-refractivity contribution is 5.69. The largest absolute Gasteiger partial charge is 0.408 e. The van der Waals surface area contributed by atoms with E-state index in [0.717, 1.165) is 0 Å². The van der Waals surface area contributed by atoms with Crippen molar-refractivity contribution in [3.8, 4) is 0 Å². The average Bonchev–Trinajstić information content (AvgIpc) is 2.05. The van der Waals surface area contributed by atoms with E-state index in [1.165, 1.54) is 7.11 Å². The van der Waals surface area contributed by atoms with Crippen LogP contribution in [0.25, 0.3) is 0 Å². The molecule has 0 aromatic carbocycles. The highest BCUT2D eigenvalue weighted by Crippen LogP contribution is 2.13. The maximum atomic E-state index is 10.9. The third-order valence-electron chi connectivity index (χ3n) is 1.37. The van der Waals surface area contributed by atoms with Crippen LogP contribution in [0.1, 0.15) is 27.2 Å². The Balaban J connectivity index is 4.03. The monoisotopic (exact) mass is 176 g/mol. The SMILES string of the molecule is CCOC(C)(OC)OC(=O)CC. The van der Waals surface area contributed by atoms with Crippen molar-refractivity contribution in [2.45, 2.75) is 33.2 Å². The highest BCUT2D eigenvalue weighted by Gasteiger charge is 2.28. The van der Waals surface area contributed by atoms with Gasteiger partial charge in [0, 0.05) is 20.5 Å². The molecule has 0 saturated heterocycles. The molecule has 0 aliphatic carbocycles. The van der Waals surface area contributed by atoms with Crippen LogP contribution in [0.3, 0.4) is 0 Å². The molecule has 0 amide bonds. The summed E-state index contributed by atoms with van der Waals surface area (Å²) in [6, 6.07) is 0. The van der Waals surface area contributed by atoms with E-state index in [-0.39, 0.29) is 5.97 Å². The second-order valence-electron chi connectivity index (χ2n) is 2.33. The molecule has 0 aromatic rings. The molecule has 0 saturated carbocycles. The van der Waals surface area contributed by atoms with Crippen LogP contribution in [-0.4, -0.2) is 25.7 Å².